The van der Waals surface area contributed by atoms with Crippen LogP contribution in [-0.2, 0) is 0 Å². The van der Waals surface area contributed by atoms with Gasteiger partial charge < -0.3 is 9.72 Å². The highest BCUT2D eigenvalue weighted by molar-refractivity contribution is 5.70. The minimum atomic E-state index is -0.522. The van der Waals surface area contributed by atoms with Crippen molar-refractivity contribution in [3.05, 3.63) is 51.7 Å². The molecule has 2 aromatic rings. The number of aromatic nitrogens is 1. The normalized spacial score (nSPS) is 10.1. The van der Waals surface area contributed by atoms with E-state index in [1.54, 1.807) is 26.0 Å². The lowest BCUT2D eigenvalue weighted by Gasteiger charge is -2.08. The summed E-state index contributed by atoms with van der Waals surface area (Å²) in [7, 11) is 0. The van der Waals surface area contributed by atoms with E-state index in [9.17, 15) is 9.18 Å². The smallest absolute Gasteiger partial charge is 0.266 e. The van der Waals surface area contributed by atoms with Gasteiger partial charge in [0.15, 0.2) is 11.6 Å². The Labute approximate surface area is 115 Å². The molecule has 20 heavy (non-hydrogen) atoms. The summed E-state index contributed by atoms with van der Waals surface area (Å²) in [6.45, 7) is 3.84. The summed E-state index contributed by atoms with van der Waals surface area (Å²) in [5, 5.41) is 9.07. The van der Waals surface area contributed by atoms with Gasteiger partial charge in [-0.15, -0.1) is 0 Å². The van der Waals surface area contributed by atoms with Gasteiger partial charge in [0.1, 0.15) is 11.6 Å². The van der Waals surface area contributed by atoms with Crippen molar-refractivity contribution in [2.75, 3.05) is 6.61 Å². The maximum Gasteiger partial charge on any atom is 0.266 e. The van der Waals surface area contributed by atoms with Crippen LogP contribution in [0.15, 0.2) is 29.1 Å². The Morgan fingerprint density at radius 2 is 2.15 bits per heavy atom. The van der Waals surface area contributed by atoms with Crippen molar-refractivity contribution < 1.29 is 9.13 Å². The number of nitrogens with one attached hydrogen (secondary N) is 1. The molecule has 0 unspecified atom stereocenters. The first kappa shape index (κ1) is 13.8. The molecule has 0 radical (unpaired) electrons. The van der Waals surface area contributed by atoms with E-state index in [1.807, 2.05) is 6.07 Å². The number of nitriles is 1. The van der Waals surface area contributed by atoms with Crippen LogP contribution in [-0.4, -0.2) is 11.6 Å². The highest BCUT2D eigenvalue weighted by Gasteiger charge is 2.12. The van der Waals surface area contributed by atoms with Crippen LogP contribution in [0.3, 0.4) is 0 Å². The number of hydrogen-bond acceptors (Lipinski definition) is 3. The Kier molecular flexibility index (Phi) is 3.85. The second-order valence-corrected chi connectivity index (χ2v) is 4.26. The minimum Gasteiger partial charge on any atom is -0.491 e. The zero-order valence-corrected chi connectivity index (χ0v) is 11.2. The molecule has 4 nitrogen and oxygen atoms in total. The molecule has 0 aliphatic rings. The molecule has 0 bridgehead atoms. The number of aromatic amines is 1. The Hall–Kier alpha value is -2.61. The van der Waals surface area contributed by atoms with Gasteiger partial charge in [-0.1, -0.05) is 6.07 Å². The van der Waals surface area contributed by atoms with Crippen molar-refractivity contribution in [1.82, 2.24) is 4.98 Å². The quantitative estimate of drug-likeness (QED) is 0.934. The first-order valence-electron chi connectivity index (χ1n) is 6.13. The molecule has 0 saturated carbocycles. The number of rotatable bonds is 3. The molecule has 0 spiro atoms. The van der Waals surface area contributed by atoms with Gasteiger partial charge >= 0.3 is 0 Å². The van der Waals surface area contributed by atoms with E-state index in [0.717, 1.165) is 0 Å². The monoisotopic (exact) mass is 272 g/mol. The van der Waals surface area contributed by atoms with Gasteiger partial charge in [0.25, 0.3) is 5.56 Å². The lowest BCUT2D eigenvalue weighted by molar-refractivity contribution is 0.321. The molecule has 0 atom stereocenters. The first-order valence-corrected chi connectivity index (χ1v) is 6.13. The molecule has 1 aromatic heterocycles. The number of nitrogens with zero attached hydrogens (tertiary/aromatic N) is 1. The third-order valence-electron chi connectivity index (χ3n) is 2.82. The Bertz CT molecular complexity index is 745. The van der Waals surface area contributed by atoms with Gasteiger partial charge in [-0.05, 0) is 37.6 Å². The van der Waals surface area contributed by atoms with Gasteiger partial charge in [-0.2, -0.15) is 5.26 Å². The average molecular weight is 272 g/mol. The molecule has 1 heterocycles. The third-order valence-corrected chi connectivity index (χ3v) is 2.82. The molecule has 0 aliphatic carbocycles. The summed E-state index contributed by atoms with van der Waals surface area (Å²) in [5.41, 5.74) is 0.988. The standard InChI is InChI=1S/C15H13FN2O2/c1-3-20-14-5-4-10(7-13(14)16)11-6-9(2)18-15(19)12(11)8-17/h4-7H,3H2,1-2H3,(H,18,19). The fourth-order valence-electron chi connectivity index (χ4n) is 1.97. The van der Waals surface area contributed by atoms with Crippen LogP contribution in [0.5, 0.6) is 5.75 Å². The minimum absolute atomic E-state index is 0.0286. The first-order chi connectivity index (χ1) is 9.56. The SMILES string of the molecule is CCOc1ccc(-c2cc(C)[nH]c(=O)c2C#N)cc1F. The summed E-state index contributed by atoms with van der Waals surface area (Å²) in [5.74, 6) is -0.373. The van der Waals surface area contributed by atoms with E-state index in [2.05, 4.69) is 4.98 Å². The van der Waals surface area contributed by atoms with Gasteiger partial charge in [0.2, 0.25) is 0 Å². The van der Waals surface area contributed by atoms with Crippen molar-refractivity contribution in [3.8, 4) is 22.9 Å². The van der Waals surface area contributed by atoms with Gasteiger partial charge in [-0.25, -0.2) is 4.39 Å². The lowest BCUT2D eigenvalue weighted by atomic mass is 10.0. The molecular formula is C15H13FN2O2. The zero-order chi connectivity index (χ0) is 14.7. The molecule has 0 fully saturated rings. The third kappa shape index (κ3) is 2.54. The molecular weight excluding hydrogens is 259 g/mol. The summed E-state index contributed by atoms with van der Waals surface area (Å²) in [4.78, 5) is 14.3. The average Bonchev–Trinajstić information content (AvgIpc) is 2.40. The van der Waals surface area contributed by atoms with Crippen molar-refractivity contribution in [2.24, 2.45) is 0 Å². The van der Waals surface area contributed by atoms with Crippen LogP contribution in [0, 0.1) is 24.1 Å². The van der Waals surface area contributed by atoms with Crippen LogP contribution in [0.4, 0.5) is 4.39 Å². The van der Waals surface area contributed by atoms with Crippen LogP contribution in [0.1, 0.15) is 18.2 Å². The highest BCUT2D eigenvalue weighted by atomic mass is 19.1. The van der Waals surface area contributed by atoms with Gasteiger partial charge in [0.05, 0.1) is 6.61 Å². The second kappa shape index (κ2) is 5.57. The number of H-pyrrole nitrogens is 1. The Morgan fingerprint density at radius 3 is 2.75 bits per heavy atom. The van der Waals surface area contributed by atoms with E-state index in [0.29, 0.717) is 23.4 Å². The van der Waals surface area contributed by atoms with Crippen molar-refractivity contribution >= 4 is 0 Å². The maximum absolute atomic E-state index is 13.9. The van der Waals surface area contributed by atoms with Crippen molar-refractivity contribution in [3.63, 3.8) is 0 Å². The van der Waals surface area contributed by atoms with Crippen LogP contribution >= 0.6 is 0 Å². The fourth-order valence-corrected chi connectivity index (χ4v) is 1.97. The van der Waals surface area contributed by atoms with E-state index in [4.69, 9.17) is 10.00 Å². The predicted molar refractivity (Wildman–Crippen MR) is 73.1 cm³/mol. The summed E-state index contributed by atoms with van der Waals surface area (Å²) in [6, 6.07) is 7.88. The topological polar surface area (TPSA) is 65.9 Å². The molecule has 0 saturated heterocycles. The highest BCUT2D eigenvalue weighted by Crippen LogP contribution is 2.27. The number of benzene rings is 1. The molecule has 102 valence electrons. The molecule has 5 heteroatoms. The summed E-state index contributed by atoms with van der Waals surface area (Å²) >= 11 is 0. The number of ether oxygens (including phenoxy) is 1. The molecule has 2 rings (SSSR count). The van der Waals surface area contributed by atoms with Crippen LogP contribution in [0.2, 0.25) is 0 Å². The zero-order valence-electron chi connectivity index (χ0n) is 11.2. The van der Waals surface area contributed by atoms with E-state index in [1.165, 1.54) is 12.1 Å². The van der Waals surface area contributed by atoms with E-state index < -0.39 is 11.4 Å². The largest absolute Gasteiger partial charge is 0.491 e. The predicted octanol–water partition coefficient (Wildman–Crippen LogP) is 2.76. The number of pyridine rings is 1. The van der Waals surface area contributed by atoms with Crippen LogP contribution in [0.25, 0.3) is 11.1 Å². The number of aryl methyl sites for hydroxylation is 1. The van der Waals surface area contributed by atoms with Crippen molar-refractivity contribution in [2.45, 2.75) is 13.8 Å². The molecule has 0 amide bonds. The Morgan fingerprint density at radius 1 is 1.40 bits per heavy atom. The summed E-state index contributed by atoms with van der Waals surface area (Å²) < 4.78 is 19.0. The second-order valence-electron chi connectivity index (χ2n) is 4.26. The number of halogens is 1. The van der Waals surface area contributed by atoms with E-state index >= 15 is 0 Å². The molecule has 0 aliphatic heterocycles. The van der Waals surface area contributed by atoms with E-state index in [-0.39, 0.29) is 11.3 Å². The maximum atomic E-state index is 13.9. The summed E-state index contributed by atoms with van der Waals surface area (Å²) in [6.07, 6.45) is 0. The van der Waals surface area contributed by atoms with Crippen LogP contribution < -0.4 is 10.3 Å². The fraction of sp³-hybridized carbons (Fsp3) is 0.200. The van der Waals surface area contributed by atoms with Crippen molar-refractivity contribution in [1.29, 1.82) is 5.26 Å². The lowest BCUT2D eigenvalue weighted by Crippen LogP contribution is -2.12. The molecule has 1 N–H and O–H groups in total. The van der Waals surface area contributed by atoms with Gasteiger partial charge in [-0.3, -0.25) is 4.79 Å². The molecule has 1 aromatic carbocycles. The Balaban J connectivity index is 2.61. The van der Waals surface area contributed by atoms with Gasteiger partial charge in [0, 0.05) is 11.3 Å². The number of hydrogen-bond donors (Lipinski definition) is 1.